The second-order valence-corrected chi connectivity index (χ2v) is 6.17. The highest BCUT2D eigenvalue weighted by Gasteiger charge is 2.18. The lowest BCUT2D eigenvalue weighted by molar-refractivity contribution is -0.385. The minimum Gasteiger partial charge on any atom is -0.490 e. The topological polar surface area (TPSA) is 99.3 Å². The van der Waals surface area contributed by atoms with E-state index in [1.807, 2.05) is 0 Å². The number of carbonyl (C=O) groups is 1. The van der Waals surface area contributed by atoms with Gasteiger partial charge < -0.3 is 10.1 Å². The van der Waals surface area contributed by atoms with E-state index in [0.29, 0.717) is 11.3 Å². The largest absolute Gasteiger partial charge is 0.490 e. The van der Waals surface area contributed by atoms with Crippen molar-refractivity contribution in [3.63, 3.8) is 0 Å². The van der Waals surface area contributed by atoms with E-state index >= 15 is 0 Å². The van der Waals surface area contributed by atoms with Crippen molar-refractivity contribution in [3.8, 4) is 5.75 Å². The highest BCUT2D eigenvalue weighted by Crippen LogP contribution is 2.28. The van der Waals surface area contributed by atoms with Crippen molar-refractivity contribution in [1.29, 1.82) is 0 Å². The van der Waals surface area contributed by atoms with Gasteiger partial charge >= 0.3 is 5.69 Å². The average Bonchev–Trinajstić information content (AvgIpc) is 3.10. The molecule has 1 heterocycles. The fraction of sp³-hybridized carbons (Fsp3) is 0.111. The van der Waals surface area contributed by atoms with E-state index in [0.717, 1.165) is 6.07 Å². The Hall–Kier alpha value is -3.46. The number of aromatic nitrogens is 2. The first-order valence-corrected chi connectivity index (χ1v) is 8.35. The third-order valence-corrected chi connectivity index (χ3v) is 4.23. The van der Waals surface area contributed by atoms with Gasteiger partial charge in [0.2, 0.25) is 0 Å². The summed E-state index contributed by atoms with van der Waals surface area (Å²) in [6, 6.07) is 7.96. The molecule has 1 aromatic heterocycles. The lowest BCUT2D eigenvalue weighted by Crippen LogP contribution is -2.12. The lowest BCUT2D eigenvalue weighted by Gasteiger charge is -2.06. The highest BCUT2D eigenvalue weighted by atomic mass is 35.5. The Morgan fingerprint density at radius 1 is 1.36 bits per heavy atom. The zero-order valence-electron chi connectivity index (χ0n) is 14.6. The minimum absolute atomic E-state index is 0.0607. The number of rotatable bonds is 6. The number of anilines is 1. The van der Waals surface area contributed by atoms with Crippen LogP contribution < -0.4 is 10.1 Å². The predicted molar refractivity (Wildman–Crippen MR) is 100 cm³/mol. The molecule has 1 N–H and O–H groups in total. The van der Waals surface area contributed by atoms with Gasteiger partial charge in [-0.1, -0.05) is 17.7 Å². The van der Waals surface area contributed by atoms with E-state index in [-0.39, 0.29) is 28.6 Å². The molecule has 28 heavy (non-hydrogen) atoms. The first-order valence-electron chi connectivity index (χ1n) is 7.97. The van der Waals surface area contributed by atoms with Crippen molar-refractivity contribution in [3.05, 3.63) is 80.9 Å². The maximum absolute atomic E-state index is 13.1. The van der Waals surface area contributed by atoms with Crippen molar-refractivity contribution >= 4 is 28.9 Å². The Balaban J connectivity index is 1.73. The van der Waals surface area contributed by atoms with E-state index < -0.39 is 16.6 Å². The third-order valence-electron chi connectivity index (χ3n) is 3.88. The molecular weight excluding hydrogens is 391 g/mol. The number of hydrogen-bond acceptors (Lipinski definition) is 5. The molecule has 0 fully saturated rings. The van der Waals surface area contributed by atoms with Gasteiger partial charge in [0.25, 0.3) is 5.91 Å². The first kappa shape index (κ1) is 19.3. The second-order valence-electron chi connectivity index (χ2n) is 5.76. The van der Waals surface area contributed by atoms with E-state index in [4.69, 9.17) is 16.3 Å². The number of methoxy groups -OCH3 is 1. The Kier molecular flexibility index (Phi) is 5.55. The molecule has 0 atom stereocenters. The number of amides is 1. The zero-order valence-corrected chi connectivity index (χ0v) is 15.3. The molecule has 0 spiro atoms. The lowest BCUT2D eigenvalue weighted by atomic mass is 10.1. The van der Waals surface area contributed by atoms with Crippen LogP contribution >= 0.6 is 11.6 Å². The van der Waals surface area contributed by atoms with Crippen molar-refractivity contribution < 1.29 is 18.8 Å². The molecule has 0 aliphatic carbocycles. The molecule has 0 aliphatic heterocycles. The number of nitrogens with zero attached hydrogens (tertiary/aromatic N) is 3. The summed E-state index contributed by atoms with van der Waals surface area (Å²) in [6.07, 6.45) is 2.99. The number of benzene rings is 2. The standard InChI is InChI=1S/C18H14ClFN4O4/c1-28-17-5-3-11(6-16(17)24(26)27)18(25)22-14-8-21-23(10-14)9-12-2-4-13(20)7-15(12)19/h2-8,10H,9H2,1H3,(H,22,25). The minimum atomic E-state index is -0.625. The van der Waals surface area contributed by atoms with Crippen LogP contribution in [-0.2, 0) is 6.54 Å². The van der Waals surface area contributed by atoms with Gasteiger partial charge in [-0.2, -0.15) is 5.10 Å². The SMILES string of the molecule is COc1ccc(C(=O)Nc2cnn(Cc3ccc(F)cc3Cl)c2)cc1[N+](=O)[O-]. The summed E-state index contributed by atoms with van der Waals surface area (Å²) < 4.78 is 19.6. The van der Waals surface area contributed by atoms with Crippen molar-refractivity contribution in [1.82, 2.24) is 9.78 Å². The summed E-state index contributed by atoms with van der Waals surface area (Å²) in [5.74, 6) is -0.911. The van der Waals surface area contributed by atoms with Gasteiger partial charge in [0, 0.05) is 22.8 Å². The maximum atomic E-state index is 13.1. The van der Waals surface area contributed by atoms with Gasteiger partial charge in [0.05, 0.1) is 30.5 Å². The summed E-state index contributed by atoms with van der Waals surface area (Å²) in [7, 11) is 1.31. The van der Waals surface area contributed by atoms with E-state index in [2.05, 4.69) is 10.4 Å². The molecule has 0 saturated carbocycles. The predicted octanol–water partition coefficient (Wildman–Crippen LogP) is 3.89. The van der Waals surface area contributed by atoms with Crippen LogP contribution in [0, 0.1) is 15.9 Å². The zero-order chi connectivity index (χ0) is 20.3. The van der Waals surface area contributed by atoms with Crippen LogP contribution in [0.1, 0.15) is 15.9 Å². The first-order chi connectivity index (χ1) is 13.4. The molecule has 10 heteroatoms. The van der Waals surface area contributed by atoms with Crippen LogP contribution in [0.3, 0.4) is 0 Å². The summed E-state index contributed by atoms with van der Waals surface area (Å²) in [6.45, 7) is 0.281. The molecule has 3 rings (SSSR count). The van der Waals surface area contributed by atoms with Crippen LogP contribution in [0.25, 0.3) is 0 Å². The van der Waals surface area contributed by atoms with Crippen molar-refractivity contribution in [2.24, 2.45) is 0 Å². The van der Waals surface area contributed by atoms with E-state index in [1.54, 1.807) is 12.3 Å². The van der Waals surface area contributed by atoms with Crippen LogP contribution in [0.5, 0.6) is 5.75 Å². The molecule has 144 valence electrons. The average molecular weight is 405 g/mol. The van der Waals surface area contributed by atoms with Crippen LogP contribution in [0.4, 0.5) is 15.8 Å². The molecule has 0 unspecified atom stereocenters. The number of halogens is 2. The molecule has 1 amide bonds. The quantitative estimate of drug-likeness (QED) is 0.496. The molecule has 0 saturated heterocycles. The van der Waals surface area contributed by atoms with Crippen molar-refractivity contribution in [2.45, 2.75) is 6.54 Å². The number of ether oxygens (including phenoxy) is 1. The second kappa shape index (κ2) is 8.05. The van der Waals surface area contributed by atoms with Crippen LogP contribution in [0.15, 0.2) is 48.8 Å². The number of carbonyl (C=O) groups excluding carboxylic acids is 1. The Morgan fingerprint density at radius 2 is 2.14 bits per heavy atom. The number of hydrogen-bond donors (Lipinski definition) is 1. The number of nitro groups is 1. The normalized spacial score (nSPS) is 10.5. The molecule has 8 nitrogen and oxygen atoms in total. The summed E-state index contributed by atoms with van der Waals surface area (Å²) in [5, 5.41) is 18.1. The maximum Gasteiger partial charge on any atom is 0.311 e. The Labute approximate surface area is 163 Å². The fourth-order valence-electron chi connectivity index (χ4n) is 2.52. The Bertz CT molecular complexity index is 1050. The molecule has 2 aromatic carbocycles. The fourth-order valence-corrected chi connectivity index (χ4v) is 2.74. The van der Waals surface area contributed by atoms with Crippen LogP contribution in [-0.4, -0.2) is 27.7 Å². The van der Waals surface area contributed by atoms with Gasteiger partial charge in [-0.05, 0) is 29.8 Å². The van der Waals surface area contributed by atoms with Gasteiger partial charge in [0.1, 0.15) is 5.82 Å². The monoisotopic (exact) mass is 404 g/mol. The number of nitro benzene ring substituents is 1. The van der Waals surface area contributed by atoms with Crippen molar-refractivity contribution in [2.75, 3.05) is 12.4 Å². The van der Waals surface area contributed by atoms with E-state index in [9.17, 15) is 19.3 Å². The van der Waals surface area contributed by atoms with E-state index in [1.165, 1.54) is 42.3 Å². The smallest absolute Gasteiger partial charge is 0.311 e. The van der Waals surface area contributed by atoms with Gasteiger partial charge in [0.15, 0.2) is 5.75 Å². The van der Waals surface area contributed by atoms with Crippen LogP contribution in [0.2, 0.25) is 5.02 Å². The molecule has 0 aliphatic rings. The number of nitrogens with one attached hydrogen (secondary N) is 1. The Morgan fingerprint density at radius 3 is 2.82 bits per heavy atom. The third kappa shape index (κ3) is 4.26. The highest BCUT2D eigenvalue weighted by molar-refractivity contribution is 6.31. The summed E-state index contributed by atoms with van der Waals surface area (Å²) in [5.41, 5.74) is 0.843. The molecular formula is C18H14ClFN4O4. The summed E-state index contributed by atoms with van der Waals surface area (Å²) >= 11 is 6.00. The van der Waals surface area contributed by atoms with Gasteiger partial charge in [-0.25, -0.2) is 4.39 Å². The molecule has 3 aromatic rings. The summed E-state index contributed by atoms with van der Waals surface area (Å²) in [4.78, 5) is 22.8. The van der Waals surface area contributed by atoms with Gasteiger partial charge in [-0.15, -0.1) is 0 Å². The van der Waals surface area contributed by atoms with Gasteiger partial charge in [-0.3, -0.25) is 19.6 Å². The molecule has 0 bridgehead atoms. The molecule has 0 radical (unpaired) electrons.